The molecule has 1 atom stereocenters. The summed E-state index contributed by atoms with van der Waals surface area (Å²) in [6.45, 7) is 5.55. The van der Waals surface area contributed by atoms with E-state index in [1.807, 2.05) is 86.6 Å². The number of ether oxygens (including phenoxy) is 1. The summed E-state index contributed by atoms with van der Waals surface area (Å²) >= 11 is 0. The molecule has 1 saturated carbocycles. The van der Waals surface area contributed by atoms with E-state index in [2.05, 4.69) is 10.5 Å². The Morgan fingerprint density at radius 3 is 2.14 bits per heavy atom. The van der Waals surface area contributed by atoms with Crippen molar-refractivity contribution in [3.8, 4) is 22.4 Å². The second-order valence-electron chi connectivity index (χ2n) is 9.53. The van der Waals surface area contributed by atoms with Gasteiger partial charge in [0, 0.05) is 5.56 Å². The van der Waals surface area contributed by atoms with Crippen molar-refractivity contribution in [3.63, 3.8) is 0 Å². The minimum atomic E-state index is -0.759. The average molecular weight is 497 g/mol. The topological polar surface area (TPSA) is 102 Å². The highest BCUT2D eigenvalue weighted by Crippen LogP contribution is 2.48. The SMILES string of the molecule is Cc1ccccc1[C@@H](C)OC(=O)Nc1c(-c2ccc(-c3ccc(C4(C(=O)O)CC4)cc3)cc2)noc1C. The number of benzene rings is 3. The Hall–Kier alpha value is -4.39. The third kappa shape index (κ3) is 4.72. The van der Waals surface area contributed by atoms with Crippen molar-refractivity contribution < 1.29 is 24.0 Å². The average Bonchev–Trinajstić information content (AvgIpc) is 3.64. The summed E-state index contributed by atoms with van der Waals surface area (Å²) in [4.78, 5) is 24.3. The van der Waals surface area contributed by atoms with Crippen molar-refractivity contribution in [2.45, 2.75) is 45.1 Å². The largest absolute Gasteiger partial charge is 0.481 e. The number of aliphatic carboxylic acids is 1. The van der Waals surface area contributed by atoms with Crippen LogP contribution in [0, 0.1) is 13.8 Å². The fourth-order valence-corrected chi connectivity index (χ4v) is 4.67. The molecule has 7 nitrogen and oxygen atoms in total. The zero-order valence-corrected chi connectivity index (χ0v) is 20.9. The maximum Gasteiger partial charge on any atom is 0.412 e. The first-order chi connectivity index (χ1) is 17.8. The first-order valence-corrected chi connectivity index (χ1v) is 12.2. The fraction of sp³-hybridized carbons (Fsp3) is 0.233. The van der Waals surface area contributed by atoms with E-state index in [1.165, 1.54) is 0 Å². The number of aryl methyl sites for hydroxylation is 2. The van der Waals surface area contributed by atoms with Gasteiger partial charge in [-0.05, 0) is 61.4 Å². The number of rotatable bonds is 7. The van der Waals surface area contributed by atoms with Gasteiger partial charge in [-0.2, -0.15) is 0 Å². The van der Waals surface area contributed by atoms with Gasteiger partial charge in [-0.25, -0.2) is 4.79 Å². The standard InChI is InChI=1S/C30H28N2O5/c1-18-6-4-5-7-25(18)19(2)36-29(35)31-26-20(3)37-32-27(26)23-10-8-21(9-11-23)22-12-14-24(15-13-22)30(16-17-30)28(33)34/h4-15,19H,16-17H2,1-3H3,(H,31,35)(H,33,34)/t19-/m1/s1. The third-order valence-corrected chi connectivity index (χ3v) is 7.09. The molecular weight excluding hydrogens is 468 g/mol. The molecule has 1 aliphatic rings. The van der Waals surface area contributed by atoms with Crippen molar-refractivity contribution in [1.29, 1.82) is 0 Å². The third-order valence-electron chi connectivity index (χ3n) is 7.09. The van der Waals surface area contributed by atoms with Crippen LogP contribution in [0.5, 0.6) is 0 Å². The molecule has 0 saturated heterocycles. The molecule has 0 aliphatic heterocycles. The molecule has 188 valence electrons. The first-order valence-electron chi connectivity index (χ1n) is 12.2. The minimum absolute atomic E-state index is 0.416. The lowest BCUT2D eigenvalue weighted by molar-refractivity contribution is -0.140. The maximum atomic E-state index is 12.7. The fourth-order valence-electron chi connectivity index (χ4n) is 4.67. The number of carboxylic acids is 1. The number of nitrogens with zero attached hydrogens (tertiary/aromatic N) is 1. The monoisotopic (exact) mass is 496 g/mol. The lowest BCUT2D eigenvalue weighted by atomic mass is 9.93. The molecule has 1 aliphatic carbocycles. The van der Waals surface area contributed by atoms with Crippen molar-refractivity contribution >= 4 is 17.7 Å². The Bertz CT molecular complexity index is 1450. The van der Waals surface area contributed by atoms with E-state index in [9.17, 15) is 14.7 Å². The van der Waals surface area contributed by atoms with Crippen LogP contribution in [0.15, 0.2) is 77.3 Å². The molecule has 0 bridgehead atoms. The van der Waals surface area contributed by atoms with Crippen LogP contribution in [-0.4, -0.2) is 22.3 Å². The Balaban J connectivity index is 1.30. The summed E-state index contributed by atoms with van der Waals surface area (Å²) in [6.07, 6.45) is 0.361. The lowest BCUT2D eigenvalue weighted by Gasteiger charge is -2.16. The molecule has 1 aromatic heterocycles. The molecule has 1 fully saturated rings. The van der Waals surface area contributed by atoms with Crippen LogP contribution < -0.4 is 5.32 Å². The van der Waals surface area contributed by atoms with Gasteiger partial charge in [0.15, 0.2) is 5.76 Å². The number of amides is 1. The van der Waals surface area contributed by atoms with Gasteiger partial charge in [0.2, 0.25) is 0 Å². The number of carbonyl (C=O) groups is 2. The van der Waals surface area contributed by atoms with Gasteiger partial charge in [0.05, 0.1) is 5.41 Å². The molecular formula is C30H28N2O5. The predicted molar refractivity (Wildman–Crippen MR) is 140 cm³/mol. The molecule has 1 heterocycles. The molecule has 37 heavy (non-hydrogen) atoms. The molecule has 3 aromatic carbocycles. The molecule has 0 radical (unpaired) electrons. The zero-order valence-electron chi connectivity index (χ0n) is 20.9. The van der Waals surface area contributed by atoms with Crippen molar-refractivity contribution in [2.24, 2.45) is 0 Å². The molecule has 0 unspecified atom stereocenters. The summed E-state index contributed by atoms with van der Waals surface area (Å²) in [5.41, 5.74) is 5.85. The molecule has 2 N–H and O–H groups in total. The molecule has 7 heteroatoms. The summed E-state index contributed by atoms with van der Waals surface area (Å²) in [7, 11) is 0. The summed E-state index contributed by atoms with van der Waals surface area (Å²) in [5, 5.41) is 16.5. The van der Waals surface area contributed by atoms with E-state index in [1.54, 1.807) is 6.92 Å². The Morgan fingerprint density at radius 1 is 0.946 bits per heavy atom. The van der Waals surface area contributed by atoms with Gasteiger partial charge in [0.25, 0.3) is 0 Å². The van der Waals surface area contributed by atoms with Gasteiger partial charge in [0.1, 0.15) is 17.5 Å². The van der Waals surface area contributed by atoms with Crippen LogP contribution >= 0.6 is 0 Å². The van der Waals surface area contributed by atoms with Gasteiger partial charge in [-0.1, -0.05) is 78.0 Å². The number of hydrogen-bond donors (Lipinski definition) is 2. The highest BCUT2D eigenvalue weighted by molar-refractivity contribution is 5.91. The maximum absolute atomic E-state index is 12.7. The second-order valence-corrected chi connectivity index (χ2v) is 9.53. The van der Waals surface area contributed by atoms with Crippen molar-refractivity contribution in [3.05, 3.63) is 95.2 Å². The van der Waals surface area contributed by atoms with Crippen LogP contribution in [-0.2, 0) is 14.9 Å². The van der Waals surface area contributed by atoms with Crippen LogP contribution in [0.25, 0.3) is 22.4 Å². The molecule has 1 amide bonds. The van der Waals surface area contributed by atoms with Crippen molar-refractivity contribution in [2.75, 3.05) is 5.32 Å². The van der Waals surface area contributed by atoms with E-state index in [0.717, 1.165) is 33.4 Å². The smallest absolute Gasteiger partial charge is 0.412 e. The highest BCUT2D eigenvalue weighted by atomic mass is 16.6. The quantitative estimate of drug-likeness (QED) is 0.284. The summed E-state index contributed by atoms with van der Waals surface area (Å²) < 4.78 is 11.0. The van der Waals surface area contributed by atoms with E-state index in [-0.39, 0.29) is 0 Å². The van der Waals surface area contributed by atoms with Gasteiger partial charge >= 0.3 is 12.1 Å². The van der Waals surface area contributed by atoms with E-state index < -0.39 is 23.6 Å². The Labute approximate surface area is 215 Å². The molecule has 4 aromatic rings. The first kappa shape index (κ1) is 24.3. The van der Waals surface area contributed by atoms with Crippen LogP contribution in [0.4, 0.5) is 10.5 Å². The number of hydrogen-bond acceptors (Lipinski definition) is 5. The Morgan fingerprint density at radius 2 is 1.54 bits per heavy atom. The normalized spacial score (nSPS) is 14.6. The number of anilines is 1. The van der Waals surface area contributed by atoms with Crippen LogP contribution in [0.1, 0.15) is 48.3 Å². The van der Waals surface area contributed by atoms with Gasteiger partial charge < -0.3 is 14.4 Å². The van der Waals surface area contributed by atoms with Crippen LogP contribution in [0.3, 0.4) is 0 Å². The number of aromatic nitrogens is 1. The molecule has 5 rings (SSSR count). The predicted octanol–water partition coefficient (Wildman–Crippen LogP) is 7.05. The Kier molecular flexibility index (Phi) is 6.29. The summed E-state index contributed by atoms with van der Waals surface area (Å²) in [6, 6.07) is 23.2. The van der Waals surface area contributed by atoms with Crippen LogP contribution in [0.2, 0.25) is 0 Å². The summed E-state index contributed by atoms with van der Waals surface area (Å²) in [5.74, 6) is -0.284. The molecule has 0 spiro atoms. The zero-order chi connectivity index (χ0) is 26.2. The number of carboxylic acid groups (broad SMARTS) is 1. The lowest BCUT2D eigenvalue weighted by Crippen LogP contribution is -2.19. The van der Waals surface area contributed by atoms with Crippen molar-refractivity contribution in [1.82, 2.24) is 5.16 Å². The van der Waals surface area contributed by atoms with Gasteiger partial charge in [-0.3, -0.25) is 10.1 Å². The number of nitrogens with one attached hydrogen (secondary N) is 1. The number of carbonyl (C=O) groups excluding carboxylic acids is 1. The van der Waals surface area contributed by atoms with E-state index in [0.29, 0.717) is 30.0 Å². The van der Waals surface area contributed by atoms with Gasteiger partial charge in [-0.15, -0.1) is 0 Å². The highest BCUT2D eigenvalue weighted by Gasteiger charge is 2.51. The second kappa shape index (κ2) is 9.58. The minimum Gasteiger partial charge on any atom is -0.481 e. The van der Waals surface area contributed by atoms with E-state index in [4.69, 9.17) is 9.26 Å². The van der Waals surface area contributed by atoms with E-state index >= 15 is 0 Å².